The molecule has 14 heavy (non-hydrogen) atoms. The molecule has 2 rings (SSSR count). The van der Waals surface area contributed by atoms with Gasteiger partial charge in [0.25, 0.3) is 0 Å². The van der Waals surface area contributed by atoms with E-state index in [2.05, 4.69) is 29.1 Å². The van der Waals surface area contributed by atoms with Crippen LogP contribution in [0.1, 0.15) is 19.3 Å². The van der Waals surface area contributed by atoms with E-state index in [0.29, 0.717) is 0 Å². The van der Waals surface area contributed by atoms with Gasteiger partial charge in [-0.2, -0.15) is 0 Å². The molecular weight excluding hydrogens is 172 g/mol. The van der Waals surface area contributed by atoms with Gasteiger partial charge in [-0.25, -0.2) is 4.99 Å². The summed E-state index contributed by atoms with van der Waals surface area (Å²) in [5.41, 5.74) is 1.07. The molecule has 1 aliphatic rings. The van der Waals surface area contributed by atoms with Crippen LogP contribution in [0.3, 0.4) is 0 Å². The summed E-state index contributed by atoms with van der Waals surface area (Å²) in [5, 5.41) is 0. The highest BCUT2D eigenvalue weighted by molar-refractivity contribution is 5.85. The van der Waals surface area contributed by atoms with Gasteiger partial charge in [0, 0.05) is 20.0 Å². The van der Waals surface area contributed by atoms with E-state index >= 15 is 0 Å². The molecule has 0 amide bonds. The van der Waals surface area contributed by atoms with E-state index in [9.17, 15) is 0 Å². The van der Waals surface area contributed by atoms with Crippen molar-refractivity contribution in [3.05, 3.63) is 30.3 Å². The van der Waals surface area contributed by atoms with Crippen molar-refractivity contribution >= 4 is 11.5 Å². The summed E-state index contributed by atoms with van der Waals surface area (Å²) in [5.74, 6) is 1.22. The molecule has 0 spiro atoms. The van der Waals surface area contributed by atoms with Crippen LogP contribution in [-0.2, 0) is 0 Å². The SMILES string of the molecule is CN1CCCCC1=Nc1ccccc1. The van der Waals surface area contributed by atoms with Gasteiger partial charge in [0.15, 0.2) is 0 Å². The topological polar surface area (TPSA) is 15.6 Å². The fourth-order valence-corrected chi connectivity index (χ4v) is 1.74. The van der Waals surface area contributed by atoms with Crippen molar-refractivity contribution in [2.24, 2.45) is 4.99 Å². The Kier molecular flexibility index (Phi) is 2.82. The van der Waals surface area contributed by atoms with Gasteiger partial charge in [0.05, 0.1) is 5.69 Å². The van der Waals surface area contributed by atoms with Crippen LogP contribution in [0, 0.1) is 0 Å². The Bertz CT molecular complexity index is 316. The van der Waals surface area contributed by atoms with E-state index in [4.69, 9.17) is 0 Å². The van der Waals surface area contributed by atoms with Crippen LogP contribution in [-0.4, -0.2) is 24.3 Å². The van der Waals surface area contributed by atoms with E-state index in [1.807, 2.05) is 18.2 Å². The molecular formula is C12H16N2. The van der Waals surface area contributed by atoms with Crippen LogP contribution in [0.25, 0.3) is 0 Å². The number of amidine groups is 1. The summed E-state index contributed by atoms with van der Waals surface area (Å²) in [6.07, 6.45) is 3.69. The zero-order valence-electron chi connectivity index (χ0n) is 8.61. The summed E-state index contributed by atoms with van der Waals surface area (Å²) < 4.78 is 0. The van der Waals surface area contributed by atoms with Crippen molar-refractivity contribution < 1.29 is 0 Å². The Hall–Kier alpha value is -1.31. The summed E-state index contributed by atoms with van der Waals surface area (Å²) in [6, 6.07) is 10.2. The number of rotatable bonds is 1. The Labute approximate surface area is 85.3 Å². The monoisotopic (exact) mass is 188 g/mol. The van der Waals surface area contributed by atoms with Crippen LogP contribution < -0.4 is 0 Å². The van der Waals surface area contributed by atoms with Gasteiger partial charge in [-0.1, -0.05) is 18.2 Å². The smallest absolute Gasteiger partial charge is 0.105 e. The predicted octanol–water partition coefficient (Wildman–Crippen LogP) is 2.83. The molecule has 0 radical (unpaired) electrons. The first-order chi connectivity index (χ1) is 6.86. The van der Waals surface area contributed by atoms with Gasteiger partial charge in [-0.3, -0.25) is 0 Å². The summed E-state index contributed by atoms with van der Waals surface area (Å²) in [7, 11) is 2.13. The number of aliphatic imine (C=N–C) groups is 1. The second-order valence-electron chi connectivity index (χ2n) is 3.74. The number of piperidine rings is 1. The van der Waals surface area contributed by atoms with Gasteiger partial charge in [-0.15, -0.1) is 0 Å². The second-order valence-corrected chi connectivity index (χ2v) is 3.74. The van der Waals surface area contributed by atoms with Crippen molar-refractivity contribution in [3.8, 4) is 0 Å². The second kappa shape index (κ2) is 4.27. The molecule has 0 atom stereocenters. The van der Waals surface area contributed by atoms with E-state index in [-0.39, 0.29) is 0 Å². The van der Waals surface area contributed by atoms with Crippen LogP contribution in [0.4, 0.5) is 5.69 Å². The van der Waals surface area contributed by atoms with Crippen molar-refractivity contribution in [1.29, 1.82) is 0 Å². The zero-order chi connectivity index (χ0) is 9.80. The molecule has 0 bridgehead atoms. The van der Waals surface area contributed by atoms with E-state index in [0.717, 1.165) is 18.7 Å². The number of nitrogens with zero attached hydrogens (tertiary/aromatic N) is 2. The average Bonchev–Trinajstić information content (AvgIpc) is 2.23. The highest BCUT2D eigenvalue weighted by Crippen LogP contribution is 2.16. The molecule has 2 nitrogen and oxygen atoms in total. The molecule has 1 fully saturated rings. The van der Waals surface area contributed by atoms with Gasteiger partial charge < -0.3 is 4.90 Å². The quantitative estimate of drug-likeness (QED) is 0.661. The fraction of sp³-hybridized carbons (Fsp3) is 0.417. The maximum Gasteiger partial charge on any atom is 0.105 e. The van der Waals surface area contributed by atoms with E-state index in [1.165, 1.54) is 18.7 Å². The maximum absolute atomic E-state index is 4.64. The van der Waals surface area contributed by atoms with Gasteiger partial charge in [0.2, 0.25) is 0 Å². The zero-order valence-corrected chi connectivity index (χ0v) is 8.61. The minimum Gasteiger partial charge on any atom is -0.363 e. The van der Waals surface area contributed by atoms with Gasteiger partial charge >= 0.3 is 0 Å². The van der Waals surface area contributed by atoms with Crippen LogP contribution in [0.15, 0.2) is 35.3 Å². The van der Waals surface area contributed by atoms with Gasteiger partial charge in [-0.05, 0) is 25.0 Å². The minimum atomic E-state index is 1.07. The number of hydrogen-bond acceptors (Lipinski definition) is 1. The molecule has 0 N–H and O–H groups in total. The largest absolute Gasteiger partial charge is 0.363 e. The van der Waals surface area contributed by atoms with Crippen molar-refractivity contribution in [2.45, 2.75) is 19.3 Å². The lowest BCUT2D eigenvalue weighted by molar-refractivity contribution is 0.434. The molecule has 2 heteroatoms. The minimum absolute atomic E-state index is 1.07. The molecule has 1 aromatic rings. The van der Waals surface area contributed by atoms with Crippen molar-refractivity contribution in [1.82, 2.24) is 4.90 Å². The standard InChI is InChI=1S/C12H16N2/c1-14-10-6-5-9-12(14)13-11-7-3-2-4-8-11/h2-4,7-8H,5-6,9-10H2,1H3. The fourth-order valence-electron chi connectivity index (χ4n) is 1.74. The maximum atomic E-state index is 4.64. The third kappa shape index (κ3) is 2.13. The van der Waals surface area contributed by atoms with Crippen LogP contribution in [0.5, 0.6) is 0 Å². The molecule has 0 aliphatic carbocycles. The van der Waals surface area contributed by atoms with Gasteiger partial charge in [0.1, 0.15) is 5.84 Å². The number of likely N-dealkylation sites (tertiary alicyclic amines) is 1. The van der Waals surface area contributed by atoms with Crippen LogP contribution >= 0.6 is 0 Å². The third-order valence-electron chi connectivity index (χ3n) is 2.60. The number of hydrogen-bond donors (Lipinski definition) is 0. The van der Waals surface area contributed by atoms with Crippen molar-refractivity contribution in [2.75, 3.05) is 13.6 Å². The molecule has 1 heterocycles. The number of benzene rings is 1. The van der Waals surface area contributed by atoms with Crippen molar-refractivity contribution in [3.63, 3.8) is 0 Å². The molecule has 1 aliphatic heterocycles. The molecule has 0 saturated carbocycles. The Morgan fingerprint density at radius 1 is 1.14 bits per heavy atom. The average molecular weight is 188 g/mol. The van der Waals surface area contributed by atoms with E-state index < -0.39 is 0 Å². The Morgan fingerprint density at radius 3 is 2.64 bits per heavy atom. The summed E-state index contributed by atoms with van der Waals surface area (Å²) in [4.78, 5) is 6.90. The summed E-state index contributed by atoms with van der Waals surface area (Å²) >= 11 is 0. The molecule has 0 aromatic heterocycles. The Balaban J connectivity index is 2.17. The lowest BCUT2D eigenvalue weighted by atomic mass is 10.1. The first kappa shape index (κ1) is 9.25. The number of para-hydroxylation sites is 1. The van der Waals surface area contributed by atoms with Crippen LogP contribution in [0.2, 0.25) is 0 Å². The highest BCUT2D eigenvalue weighted by atomic mass is 15.2. The first-order valence-electron chi connectivity index (χ1n) is 5.20. The molecule has 0 unspecified atom stereocenters. The molecule has 1 aromatic carbocycles. The molecule has 74 valence electrons. The first-order valence-corrected chi connectivity index (χ1v) is 5.20. The molecule has 1 saturated heterocycles. The lowest BCUT2D eigenvalue weighted by Crippen LogP contribution is -2.31. The normalized spacial score (nSPS) is 20.1. The highest BCUT2D eigenvalue weighted by Gasteiger charge is 2.11. The third-order valence-corrected chi connectivity index (χ3v) is 2.60. The summed E-state index contributed by atoms with van der Waals surface area (Å²) in [6.45, 7) is 1.14. The Morgan fingerprint density at radius 2 is 1.93 bits per heavy atom. The van der Waals surface area contributed by atoms with E-state index in [1.54, 1.807) is 0 Å². The lowest BCUT2D eigenvalue weighted by Gasteiger charge is -2.25. The predicted molar refractivity (Wildman–Crippen MR) is 60.0 cm³/mol.